The molecule has 0 saturated carbocycles. The topological polar surface area (TPSA) is 102 Å². The van der Waals surface area contributed by atoms with Gasteiger partial charge in [-0.15, -0.1) is 0 Å². The molecule has 9 heteroatoms. The molecule has 9 nitrogen and oxygen atoms in total. The zero-order chi connectivity index (χ0) is 38.3. The van der Waals surface area contributed by atoms with E-state index in [4.69, 9.17) is 4.74 Å². The first-order valence-corrected chi connectivity index (χ1v) is 20.4. The maximum absolute atomic E-state index is 13.4. The SMILES string of the molecule is C=C1CCC(N2C(=O)c3ccc(N4CCC(CN5CCC(Oc6ccc([C@@H]7c8ccc(O)cc8CC[C@@H]7c7ccccc7)cc6)CC5)CC4)cc3C2=O)C(=O)N1. The van der Waals surface area contributed by atoms with Crippen LogP contribution in [0.15, 0.2) is 103 Å². The minimum absolute atomic E-state index is 0.201. The lowest BCUT2D eigenvalue weighted by Gasteiger charge is -2.38. The van der Waals surface area contributed by atoms with E-state index in [1.807, 2.05) is 24.3 Å². The molecule has 288 valence electrons. The molecule has 4 heterocycles. The number of phenols is 1. The molecule has 0 spiro atoms. The summed E-state index contributed by atoms with van der Waals surface area (Å²) in [6.45, 7) is 8.75. The fourth-order valence-corrected chi connectivity index (χ4v) is 9.91. The third-order valence-corrected chi connectivity index (χ3v) is 12.9. The summed E-state index contributed by atoms with van der Waals surface area (Å²) in [6, 6.07) is 30.2. The van der Waals surface area contributed by atoms with Gasteiger partial charge in [0, 0.05) is 50.0 Å². The number of nitrogens with zero attached hydrogens (tertiary/aromatic N) is 3. The Hall–Kier alpha value is -5.41. The van der Waals surface area contributed by atoms with Gasteiger partial charge in [-0.2, -0.15) is 0 Å². The first-order valence-electron chi connectivity index (χ1n) is 20.4. The van der Waals surface area contributed by atoms with Crippen molar-refractivity contribution in [2.45, 2.75) is 75.3 Å². The first kappa shape index (κ1) is 36.2. The zero-order valence-electron chi connectivity index (χ0n) is 31.9. The van der Waals surface area contributed by atoms with Crippen LogP contribution in [0.1, 0.15) is 99.8 Å². The summed E-state index contributed by atoms with van der Waals surface area (Å²) in [6.07, 6.45) is 7.31. The molecule has 3 atom stereocenters. The number of nitrogens with one attached hydrogen (secondary N) is 1. The van der Waals surface area contributed by atoms with E-state index < -0.39 is 11.9 Å². The van der Waals surface area contributed by atoms with Crippen LogP contribution in [-0.2, 0) is 11.2 Å². The maximum atomic E-state index is 13.4. The number of imide groups is 1. The molecule has 9 rings (SSSR count). The number of aryl methyl sites for hydroxylation is 1. The summed E-state index contributed by atoms with van der Waals surface area (Å²) in [5.74, 6) is 1.34. The van der Waals surface area contributed by atoms with Gasteiger partial charge in [0.25, 0.3) is 11.8 Å². The van der Waals surface area contributed by atoms with Gasteiger partial charge in [-0.25, -0.2) is 0 Å². The number of aromatic hydroxyl groups is 1. The second-order valence-electron chi connectivity index (χ2n) is 16.4. The molecular weight excluding hydrogens is 701 g/mol. The van der Waals surface area contributed by atoms with Crippen molar-refractivity contribution in [3.63, 3.8) is 0 Å². The lowest BCUT2D eigenvalue weighted by atomic mass is 9.69. The van der Waals surface area contributed by atoms with Crippen LogP contribution in [0.2, 0.25) is 0 Å². The highest BCUT2D eigenvalue weighted by Crippen LogP contribution is 2.47. The highest BCUT2D eigenvalue weighted by Gasteiger charge is 2.44. The molecule has 3 saturated heterocycles. The Kier molecular flexibility index (Phi) is 9.88. The zero-order valence-corrected chi connectivity index (χ0v) is 31.9. The number of fused-ring (bicyclic) bond motifs is 2. The van der Waals surface area contributed by atoms with Crippen LogP contribution in [0.5, 0.6) is 11.5 Å². The number of piperidine rings is 3. The highest BCUT2D eigenvalue weighted by molar-refractivity contribution is 6.23. The van der Waals surface area contributed by atoms with Gasteiger partial charge in [0.15, 0.2) is 0 Å². The van der Waals surface area contributed by atoms with Crippen molar-refractivity contribution in [1.82, 2.24) is 15.1 Å². The molecule has 3 amide bonds. The van der Waals surface area contributed by atoms with Crippen LogP contribution in [0.25, 0.3) is 0 Å². The van der Waals surface area contributed by atoms with Gasteiger partial charge in [0.05, 0.1) is 11.1 Å². The van der Waals surface area contributed by atoms with Crippen molar-refractivity contribution in [2.75, 3.05) is 37.6 Å². The lowest BCUT2D eigenvalue weighted by Crippen LogP contribution is -2.51. The lowest BCUT2D eigenvalue weighted by molar-refractivity contribution is -0.125. The molecule has 2 N–H and O–H groups in total. The van der Waals surface area contributed by atoms with Crippen LogP contribution in [-0.4, -0.2) is 77.5 Å². The van der Waals surface area contributed by atoms with Gasteiger partial charge < -0.3 is 25.0 Å². The smallest absolute Gasteiger partial charge is 0.262 e. The molecule has 56 heavy (non-hydrogen) atoms. The number of ether oxygens (including phenoxy) is 1. The number of hydrogen-bond acceptors (Lipinski definition) is 7. The largest absolute Gasteiger partial charge is 0.508 e. The monoisotopic (exact) mass is 750 g/mol. The number of rotatable bonds is 8. The highest BCUT2D eigenvalue weighted by atomic mass is 16.5. The molecule has 4 aromatic rings. The first-order chi connectivity index (χ1) is 27.3. The van der Waals surface area contributed by atoms with E-state index >= 15 is 0 Å². The summed E-state index contributed by atoms with van der Waals surface area (Å²) in [5.41, 5.74) is 7.52. The second kappa shape index (κ2) is 15.3. The molecule has 0 bridgehead atoms. The van der Waals surface area contributed by atoms with Crippen molar-refractivity contribution in [1.29, 1.82) is 0 Å². The predicted octanol–water partition coefficient (Wildman–Crippen LogP) is 7.40. The van der Waals surface area contributed by atoms with Gasteiger partial charge in [0.2, 0.25) is 5.91 Å². The van der Waals surface area contributed by atoms with Crippen molar-refractivity contribution in [3.05, 3.63) is 137 Å². The summed E-state index contributed by atoms with van der Waals surface area (Å²) < 4.78 is 6.55. The van der Waals surface area contributed by atoms with E-state index in [1.165, 1.54) is 22.3 Å². The summed E-state index contributed by atoms with van der Waals surface area (Å²) in [5, 5.41) is 12.9. The Morgan fingerprint density at radius 2 is 1.48 bits per heavy atom. The van der Waals surface area contributed by atoms with Crippen LogP contribution >= 0.6 is 0 Å². The predicted molar refractivity (Wildman–Crippen MR) is 216 cm³/mol. The molecule has 1 aliphatic carbocycles. The minimum Gasteiger partial charge on any atom is -0.508 e. The van der Waals surface area contributed by atoms with E-state index in [2.05, 4.69) is 82.4 Å². The van der Waals surface area contributed by atoms with E-state index in [0.717, 1.165) is 87.6 Å². The van der Waals surface area contributed by atoms with Crippen molar-refractivity contribution in [3.8, 4) is 11.5 Å². The third kappa shape index (κ3) is 7.09. The number of carbonyl (C=O) groups is 3. The molecule has 5 aliphatic rings. The summed E-state index contributed by atoms with van der Waals surface area (Å²) in [4.78, 5) is 45.3. The van der Waals surface area contributed by atoms with Crippen molar-refractivity contribution in [2.24, 2.45) is 5.92 Å². The second-order valence-corrected chi connectivity index (χ2v) is 16.4. The molecule has 4 aromatic carbocycles. The number of phenolic OH excluding ortho intramolecular Hbond substituents is 1. The number of likely N-dealkylation sites (tertiary alicyclic amines) is 1. The Balaban J connectivity index is 0.764. The number of anilines is 1. The van der Waals surface area contributed by atoms with Crippen molar-refractivity contribution >= 4 is 23.4 Å². The molecule has 0 radical (unpaired) electrons. The van der Waals surface area contributed by atoms with Gasteiger partial charge in [-0.3, -0.25) is 19.3 Å². The Morgan fingerprint density at radius 1 is 0.732 bits per heavy atom. The normalized spacial score (nSPS) is 23.5. The number of hydrogen-bond donors (Lipinski definition) is 2. The number of carbonyl (C=O) groups excluding carboxylic acids is 3. The van der Waals surface area contributed by atoms with Gasteiger partial charge in [0.1, 0.15) is 23.6 Å². The maximum Gasteiger partial charge on any atom is 0.262 e. The number of allylic oxidation sites excluding steroid dienone is 1. The van der Waals surface area contributed by atoms with Gasteiger partial charge in [-0.1, -0.05) is 55.1 Å². The van der Waals surface area contributed by atoms with Crippen LogP contribution in [0.4, 0.5) is 5.69 Å². The summed E-state index contributed by atoms with van der Waals surface area (Å²) in [7, 11) is 0. The molecule has 4 aliphatic heterocycles. The Bertz CT molecular complexity index is 2140. The Labute approximate surface area is 328 Å². The fraction of sp³-hybridized carbons (Fsp3) is 0.383. The molecular formula is C47H50N4O5. The number of amides is 3. The molecule has 3 fully saturated rings. The van der Waals surface area contributed by atoms with Gasteiger partial charge in [-0.05, 0) is 128 Å². The number of benzene rings is 4. The van der Waals surface area contributed by atoms with Crippen LogP contribution in [0, 0.1) is 5.92 Å². The minimum atomic E-state index is -0.799. The van der Waals surface area contributed by atoms with Gasteiger partial charge >= 0.3 is 0 Å². The fourth-order valence-electron chi connectivity index (χ4n) is 9.91. The van der Waals surface area contributed by atoms with Crippen LogP contribution in [0.3, 0.4) is 0 Å². The van der Waals surface area contributed by atoms with Crippen LogP contribution < -0.4 is 15.0 Å². The van der Waals surface area contributed by atoms with E-state index in [1.54, 1.807) is 6.07 Å². The molecule has 1 unspecified atom stereocenters. The van der Waals surface area contributed by atoms with E-state index in [-0.39, 0.29) is 23.8 Å². The average Bonchev–Trinajstić information content (AvgIpc) is 3.47. The quantitative estimate of drug-likeness (QED) is 0.181. The van der Waals surface area contributed by atoms with E-state index in [9.17, 15) is 19.5 Å². The Morgan fingerprint density at radius 3 is 2.23 bits per heavy atom. The third-order valence-electron chi connectivity index (χ3n) is 12.9. The average molecular weight is 751 g/mol. The molecule has 0 aromatic heterocycles. The van der Waals surface area contributed by atoms with Crippen molar-refractivity contribution < 1.29 is 24.2 Å². The van der Waals surface area contributed by atoms with E-state index in [0.29, 0.717) is 47.3 Å². The standard InChI is InChI=1S/C47H50N4O5/c1-30-7-18-43(45(53)48-30)51-46(54)41-16-11-35(28-42(41)47(51)55)50-25-19-31(20-26-50)29-49-23-21-38(22-24-49)56-37-13-8-33(9-14-37)44-39(32-5-3-2-4-6-32)15-10-34-27-36(52)12-17-40(34)44/h2-6,8-9,11-14,16-17,27-28,31,38-39,43-44,52H,1,7,10,15,18-26,29H2,(H,48,53)/t39-,43?,44+/m1/s1. The summed E-state index contributed by atoms with van der Waals surface area (Å²) >= 11 is 0.